The molecule has 0 atom stereocenters. The van der Waals surface area contributed by atoms with Crippen molar-refractivity contribution in [3.8, 4) is 0 Å². The van der Waals surface area contributed by atoms with Crippen LogP contribution in [0.1, 0.15) is 12.6 Å². The molecule has 0 aliphatic heterocycles. The summed E-state index contributed by atoms with van der Waals surface area (Å²) >= 11 is 5.58. The van der Waals surface area contributed by atoms with Gasteiger partial charge in [-0.05, 0) is 13.0 Å². The van der Waals surface area contributed by atoms with Crippen molar-refractivity contribution in [2.75, 3.05) is 6.61 Å². The minimum atomic E-state index is -0.635. The molecule has 16 heavy (non-hydrogen) atoms. The maximum Gasteiger partial charge on any atom is 0.311 e. The van der Waals surface area contributed by atoms with Crippen LogP contribution in [0.2, 0.25) is 5.15 Å². The van der Waals surface area contributed by atoms with Crippen LogP contribution in [0.25, 0.3) is 0 Å². The Kier molecular flexibility index (Phi) is 4.19. The van der Waals surface area contributed by atoms with Gasteiger partial charge in [-0.3, -0.25) is 14.9 Å². The van der Waals surface area contributed by atoms with E-state index in [0.717, 1.165) is 0 Å². The second kappa shape index (κ2) is 5.41. The van der Waals surface area contributed by atoms with Gasteiger partial charge in [0, 0.05) is 6.07 Å². The zero-order valence-electron chi connectivity index (χ0n) is 8.47. The summed E-state index contributed by atoms with van der Waals surface area (Å²) in [5.74, 6) is -0.445. The summed E-state index contributed by atoms with van der Waals surface area (Å²) in [6.45, 7) is 1.97. The molecule has 0 fully saturated rings. The molecule has 0 aliphatic carbocycles. The lowest BCUT2D eigenvalue weighted by Gasteiger charge is -2.01. The van der Waals surface area contributed by atoms with E-state index in [-0.39, 0.29) is 23.9 Å². The van der Waals surface area contributed by atoms with Crippen LogP contribution in [-0.4, -0.2) is 22.5 Å². The third-order valence-electron chi connectivity index (χ3n) is 1.71. The molecule has 1 rings (SSSR count). The Morgan fingerprint density at radius 1 is 1.62 bits per heavy atom. The van der Waals surface area contributed by atoms with E-state index >= 15 is 0 Å². The Morgan fingerprint density at radius 2 is 2.31 bits per heavy atom. The number of pyridine rings is 1. The van der Waals surface area contributed by atoms with Gasteiger partial charge in [0.2, 0.25) is 5.15 Å². The fourth-order valence-electron chi connectivity index (χ4n) is 1.06. The fourth-order valence-corrected chi connectivity index (χ4v) is 1.30. The third-order valence-corrected chi connectivity index (χ3v) is 1.99. The van der Waals surface area contributed by atoms with Crippen LogP contribution < -0.4 is 0 Å². The topological polar surface area (TPSA) is 82.3 Å². The van der Waals surface area contributed by atoms with Crippen LogP contribution in [0.3, 0.4) is 0 Å². The van der Waals surface area contributed by atoms with E-state index in [1.165, 1.54) is 12.1 Å². The molecule has 0 spiro atoms. The number of rotatable bonds is 4. The quantitative estimate of drug-likeness (QED) is 0.349. The van der Waals surface area contributed by atoms with Gasteiger partial charge in [-0.15, -0.1) is 0 Å². The Balaban J connectivity index is 2.81. The van der Waals surface area contributed by atoms with Crippen molar-refractivity contribution in [1.82, 2.24) is 4.98 Å². The first kappa shape index (κ1) is 12.4. The summed E-state index contributed by atoms with van der Waals surface area (Å²) in [5.41, 5.74) is 0.0586. The van der Waals surface area contributed by atoms with Crippen molar-refractivity contribution >= 4 is 23.3 Å². The molecule has 0 aliphatic rings. The molecule has 0 N–H and O–H groups in total. The number of halogens is 1. The Labute approximate surface area is 96.3 Å². The summed E-state index contributed by atoms with van der Waals surface area (Å²) < 4.78 is 4.71. The van der Waals surface area contributed by atoms with E-state index in [1.54, 1.807) is 6.92 Å². The van der Waals surface area contributed by atoms with E-state index in [1.807, 2.05) is 0 Å². The molecule has 6 nitrogen and oxygen atoms in total. The minimum absolute atomic E-state index is 0.0500. The number of carbonyl (C=O) groups excluding carboxylic acids is 1. The van der Waals surface area contributed by atoms with Gasteiger partial charge >= 0.3 is 11.7 Å². The number of hydrogen-bond acceptors (Lipinski definition) is 5. The van der Waals surface area contributed by atoms with Gasteiger partial charge in [0.15, 0.2) is 0 Å². The number of nitro groups is 1. The molecule has 0 aromatic carbocycles. The highest BCUT2D eigenvalue weighted by Gasteiger charge is 2.15. The SMILES string of the molecule is CCOC(=O)Cc1ccc([N+](=O)[O-])c(Cl)n1. The van der Waals surface area contributed by atoms with Gasteiger partial charge in [-0.25, -0.2) is 4.98 Å². The number of nitrogens with zero attached hydrogens (tertiary/aromatic N) is 2. The van der Waals surface area contributed by atoms with Crippen molar-refractivity contribution in [2.45, 2.75) is 13.3 Å². The van der Waals surface area contributed by atoms with E-state index in [4.69, 9.17) is 16.3 Å². The minimum Gasteiger partial charge on any atom is -0.466 e. The Hall–Kier alpha value is -1.69. The first-order chi connectivity index (χ1) is 7.54. The average molecular weight is 245 g/mol. The highest BCUT2D eigenvalue weighted by molar-refractivity contribution is 6.31. The predicted molar refractivity (Wildman–Crippen MR) is 56.2 cm³/mol. The fraction of sp³-hybridized carbons (Fsp3) is 0.333. The monoisotopic (exact) mass is 244 g/mol. The Bertz CT molecular complexity index is 422. The zero-order chi connectivity index (χ0) is 12.1. The maximum absolute atomic E-state index is 11.1. The van der Waals surface area contributed by atoms with Gasteiger partial charge in [0.25, 0.3) is 0 Å². The molecule has 0 saturated carbocycles. The molecule has 1 aromatic heterocycles. The molecule has 86 valence electrons. The zero-order valence-corrected chi connectivity index (χ0v) is 9.23. The molecule has 0 unspecified atom stereocenters. The number of esters is 1. The second-order valence-electron chi connectivity index (χ2n) is 2.85. The molecule has 1 heterocycles. The third kappa shape index (κ3) is 3.16. The van der Waals surface area contributed by atoms with Gasteiger partial charge in [-0.1, -0.05) is 11.6 Å². The normalized spacial score (nSPS) is 9.88. The lowest BCUT2D eigenvalue weighted by Crippen LogP contribution is -2.09. The molecule has 7 heteroatoms. The van der Waals surface area contributed by atoms with Crippen molar-refractivity contribution in [3.63, 3.8) is 0 Å². The number of ether oxygens (including phenoxy) is 1. The molecule has 0 bridgehead atoms. The molecule has 1 aromatic rings. The molecule has 0 radical (unpaired) electrons. The number of aromatic nitrogens is 1. The largest absolute Gasteiger partial charge is 0.466 e. The maximum atomic E-state index is 11.1. The lowest BCUT2D eigenvalue weighted by atomic mass is 10.2. The number of carbonyl (C=O) groups is 1. The standard InChI is InChI=1S/C9H9ClN2O4/c1-2-16-8(13)5-6-3-4-7(12(14)15)9(10)11-6/h3-4H,2,5H2,1H3. The van der Waals surface area contributed by atoms with E-state index in [2.05, 4.69) is 4.98 Å². The van der Waals surface area contributed by atoms with Crippen LogP contribution in [0.15, 0.2) is 12.1 Å². The molecular weight excluding hydrogens is 236 g/mol. The van der Waals surface area contributed by atoms with Crippen molar-refractivity contribution < 1.29 is 14.5 Å². The predicted octanol–water partition coefficient (Wildman–Crippen LogP) is 1.75. The van der Waals surface area contributed by atoms with Gasteiger partial charge in [-0.2, -0.15) is 0 Å². The second-order valence-corrected chi connectivity index (χ2v) is 3.21. The molecular formula is C9H9ClN2O4. The summed E-state index contributed by atoms with van der Waals surface area (Å²) in [4.78, 5) is 24.7. The van der Waals surface area contributed by atoms with Crippen LogP contribution >= 0.6 is 11.6 Å². The van der Waals surface area contributed by atoms with E-state index < -0.39 is 10.9 Å². The highest BCUT2D eigenvalue weighted by atomic mass is 35.5. The Morgan fingerprint density at radius 3 is 2.81 bits per heavy atom. The van der Waals surface area contributed by atoms with Crippen LogP contribution in [0, 0.1) is 10.1 Å². The summed E-state index contributed by atoms with van der Waals surface area (Å²) in [7, 11) is 0. The smallest absolute Gasteiger partial charge is 0.311 e. The van der Waals surface area contributed by atoms with Crippen molar-refractivity contribution in [3.05, 3.63) is 33.1 Å². The van der Waals surface area contributed by atoms with E-state index in [9.17, 15) is 14.9 Å². The lowest BCUT2D eigenvalue weighted by molar-refractivity contribution is -0.385. The van der Waals surface area contributed by atoms with Gasteiger partial charge < -0.3 is 4.74 Å². The average Bonchev–Trinajstić information content (AvgIpc) is 2.17. The van der Waals surface area contributed by atoms with E-state index in [0.29, 0.717) is 5.69 Å². The van der Waals surface area contributed by atoms with Gasteiger partial charge in [0.05, 0.1) is 23.6 Å². The summed E-state index contributed by atoms with van der Waals surface area (Å²) in [5, 5.41) is 10.2. The van der Waals surface area contributed by atoms with Crippen LogP contribution in [0.5, 0.6) is 0 Å². The summed E-state index contributed by atoms with van der Waals surface area (Å²) in [6, 6.07) is 2.59. The van der Waals surface area contributed by atoms with Crippen molar-refractivity contribution in [2.24, 2.45) is 0 Å². The first-order valence-corrected chi connectivity index (χ1v) is 4.87. The highest BCUT2D eigenvalue weighted by Crippen LogP contribution is 2.21. The van der Waals surface area contributed by atoms with Crippen molar-refractivity contribution in [1.29, 1.82) is 0 Å². The summed E-state index contributed by atoms with van der Waals surface area (Å²) in [6.07, 6.45) is -0.0500. The molecule has 0 saturated heterocycles. The first-order valence-electron chi connectivity index (χ1n) is 4.50. The van der Waals surface area contributed by atoms with Crippen LogP contribution in [-0.2, 0) is 16.0 Å². The van der Waals surface area contributed by atoms with Gasteiger partial charge in [0.1, 0.15) is 0 Å². The van der Waals surface area contributed by atoms with Crippen LogP contribution in [0.4, 0.5) is 5.69 Å². The molecule has 0 amide bonds. The number of hydrogen-bond donors (Lipinski definition) is 0.